The van der Waals surface area contributed by atoms with Crippen molar-refractivity contribution in [3.05, 3.63) is 66.2 Å². The van der Waals surface area contributed by atoms with Crippen LogP contribution in [0.25, 0.3) is 22.2 Å². The Hall–Kier alpha value is -3.42. The average molecular weight is 529 g/mol. The van der Waals surface area contributed by atoms with Gasteiger partial charge in [-0.05, 0) is 60.1 Å². The number of nitrogens with zero attached hydrogens (tertiary/aromatic N) is 3. The molecule has 4 aromatic rings. The van der Waals surface area contributed by atoms with E-state index in [1.807, 2.05) is 12.1 Å². The third-order valence-electron chi connectivity index (χ3n) is 7.93. The van der Waals surface area contributed by atoms with Crippen LogP contribution in [0.15, 0.2) is 59.5 Å². The molecule has 7 nitrogen and oxygen atoms in total. The zero-order chi connectivity index (χ0) is 27.2. The standard InChI is InChI=1S/C32H40N4O3/c1-5-22(3)25-10-9-24(30-8-7-14-38-30)18-29(25)35-32-27-19-26(23(4)6-2)31(20-28(27)33-21-34-32)39-17-13-36-11-15-37-16-12-36/h7-10,14,18-23H,5-6,11-13,15-17H2,1-4H3,(H,33,34,35). The predicted molar refractivity (Wildman–Crippen MR) is 157 cm³/mol. The number of hydrogen-bond donors (Lipinski definition) is 1. The number of nitrogens with one attached hydrogen (secondary N) is 1. The van der Waals surface area contributed by atoms with Crippen LogP contribution in [-0.4, -0.2) is 54.3 Å². The van der Waals surface area contributed by atoms with Gasteiger partial charge in [0.05, 0.1) is 25.0 Å². The van der Waals surface area contributed by atoms with Crippen LogP contribution in [0, 0.1) is 0 Å². The van der Waals surface area contributed by atoms with Gasteiger partial charge in [-0.3, -0.25) is 4.90 Å². The van der Waals surface area contributed by atoms with Crippen LogP contribution >= 0.6 is 0 Å². The molecule has 0 aliphatic carbocycles. The molecule has 2 aromatic carbocycles. The molecule has 2 unspecified atom stereocenters. The van der Waals surface area contributed by atoms with Gasteiger partial charge in [-0.2, -0.15) is 0 Å². The summed E-state index contributed by atoms with van der Waals surface area (Å²) in [5.41, 5.74) is 5.38. The lowest BCUT2D eigenvalue weighted by atomic mass is 9.94. The van der Waals surface area contributed by atoms with E-state index in [4.69, 9.17) is 18.9 Å². The van der Waals surface area contributed by atoms with Crippen molar-refractivity contribution in [2.45, 2.75) is 52.4 Å². The Labute approximate surface area is 231 Å². The SMILES string of the molecule is CCC(C)c1ccc(-c2ccco2)cc1Nc1ncnc2cc(OCCN3CCOCC3)c(C(C)CC)cc12. The van der Waals surface area contributed by atoms with Crippen molar-refractivity contribution in [3.63, 3.8) is 0 Å². The molecular formula is C32H40N4O3. The van der Waals surface area contributed by atoms with Crippen molar-refractivity contribution in [1.82, 2.24) is 14.9 Å². The van der Waals surface area contributed by atoms with E-state index in [1.165, 1.54) is 11.1 Å². The topological polar surface area (TPSA) is 72.7 Å². The highest BCUT2D eigenvalue weighted by atomic mass is 16.5. The summed E-state index contributed by atoms with van der Waals surface area (Å²) >= 11 is 0. The average Bonchev–Trinajstić information content (AvgIpc) is 3.52. The van der Waals surface area contributed by atoms with E-state index in [0.717, 1.165) is 85.2 Å². The maximum atomic E-state index is 6.38. The van der Waals surface area contributed by atoms with Crippen LogP contribution in [0.3, 0.4) is 0 Å². The van der Waals surface area contributed by atoms with Crippen molar-refractivity contribution in [2.24, 2.45) is 0 Å². The van der Waals surface area contributed by atoms with Crippen LogP contribution in [0.1, 0.15) is 63.5 Å². The molecule has 1 N–H and O–H groups in total. The minimum absolute atomic E-state index is 0.346. The largest absolute Gasteiger partial charge is 0.492 e. The smallest absolute Gasteiger partial charge is 0.141 e. The van der Waals surface area contributed by atoms with Gasteiger partial charge in [0.25, 0.3) is 0 Å². The van der Waals surface area contributed by atoms with E-state index in [0.29, 0.717) is 18.4 Å². The molecule has 2 aromatic heterocycles. The molecule has 2 atom stereocenters. The van der Waals surface area contributed by atoms with Gasteiger partial charge in [0, 0.05) is 42.3 Å². The minimum atomic E-state index is 0.346. The summed E-state index contributed by atoms with van der Waals surface area (Å²) in [6, 6.07) is 14.7. The maximum absolute atomic E-state index is 6.38. The van der Waals surface area contributed by atoms with Crippen LogP contribution < -0.4 is 10.1 Å². The van der Waals surface area contributed by atoms with Gasteiger partial charge in [0.1, 0.15) is 30.3 Å². The quantitative estimate of drug-likeness (QED) is 0.218. The van der Waals surface area contributed by atoms with Crippen molar-refractivity contribution < 1.29 is 13.9 Å². The molecule has 7 heteroatoms. The molecule has 3 heterocycles. The Morgan fingerprint density at radius 2 is 1.77 bits per heavy atom. The summed E-state index contributed by atoms with van der Waals surface area (Å²) in [5, 5.41) is 4.66. The number of aromatic nitrogens is 2. The lowest BCUT2D eigenvalue weighted by molar-refractivity contribution is 0.0322. The summed E-state index contributed by atoms with van der Waals surface area (Å²) in [5.74, 6) is 3.30. The number of furan rings is 1. The highest BCUT2D eigenvalue weighted by Gasteiger charge is 2.18. The number of rotatable bonds is 11. The Bertz CT molecular complexity index is 1370. The fourth-order valence-corrected chi connectivity index (χ4v) is 5.08. The van der Waals surface area contributed by atoms with Crippen molar-refractivity contribution >= 4 is 22.4 Å². The first-order valence-corrected chi connectivity index (χ1v) is 14.2. The van der Waals surface area contributed by atoms with E-state index in [-0.39, 0.29) is 0 Å². The number of ether oxygens (including phenoxy) is 2. The molecule has 1 fully saturated rings. The third-order valence-corrected chi connectivity index (χ3v) is 7.93. The molecule has 5 rings (SSSR count). The van der Waals surface area contributed by atoms with Crippen LogP contribution in [-0.2, 0) is 4.74 Å². The summed E-state index contributed by atoms with van der Waals surface area (Å²) in [6.45, 7) is 14.0. The number of fused-ring (bicyclic) bond motifs is 1. The van der Waals surface area contributed by atoms with Crippen molar-refractivity contribution in [1.29, 1.82) is 0 Å². The normalized spacial score (nSPS) is 15.8. The summed E-state index contributed by atoms with van der Waals surface area (Å²) in [7, 11) is 0. The number of anilines is 2. The van der Waals surface area contributed by atoms with Crippen LogP contribution in [0.5, 0.6) is 5.75 Å². The molecule has 1 aliphatic heterocycles. The zero-order valence-corrected chi connectivity index (χ0v) is 23.6. The summed E-state index contributed by atoms with van der Waals surface area (Å²) < 4.78 is 17.5. The Morgan fingerprint density at radius 1 is 0.974 bits per heavy atom. The molecule has 0 radical (unpaired) electrons. The highest BCUT2D eigenvalue weighted by Crippen LogP contribution is 2.37. The second kappa shape index (κ2) is 12.6. The second-order valence-electron chi connectivity index (χ2n) is 10.5. The van der Waals surface area contributed by atoms with E-state index in [9.17, 15) is 0 Å². The monoisotopic (exact) mass is 528 g/mol. The zero-order valence-electron chi connectivity index (χ0n) is 23.6. The van der Waals surface area contributed by atoms with Gasteiger partial charge in [-0.25, -0.2) is 9.97 Å². The Kier molecular flexibility index (Phi) is 8.79. The van der Waals surface area contributed by atoms with Gasteiger partial charge in [-0.1, -0.05) is 39.8 Å². The van der Waals surface area contributed by atoms with Gasteiger partial charge in [0.2, 0.25) is 0 Å². The first-order chi connectivity index (χ1) is 19.1. The Balaban J connectivity index is 1.48. The summed E-state index contributed by atoms with van der Waals surface area (Å²) in [6.07, 6.45) is 5.40. The highest BCUT2D eigenvalue weighted by molar-refractivity contribution is 5.93. The fourth-order valence-electron chi connectivity index (χ4n) is 5.08. The van der Waals surface area contributed by atoms with Crippen LogP contribution in [0.2, 0.25) is 0 Å². The van der Waals surface area contributed by atoms with Gasteiger partial charge >= 0.3 is 0 Å². The molecule has 39 heavy (non-hydrogen) atoms. The lowest BCUT2D eigenvalue weighted by Gasteiger charge is -2.26. The lowest BCUT2D eigenvalue weighted by Crippen LogP contribution is -2.38. The van der Waals surface area contributed by atoms with E-state index in [1.54, 1.807) is 12.6 Å². The predicted octanol–water partition coefficient (Wildman–Crippen LogP) is 7.37. The molecule has 0 bridgehead atoms. The third kappa shape index (κ3) is 6.26. The van der Waals surface area contributed by atoms with E-state index < -0.39 is 0 Å². The first-order valence-electron chi connectivity index (χ1n) is 14.2. The second-order valence-corrected chi connectivity index (χ2v) is 10.5. The maximum Gasteiger partial charge on any atom is 0.141 e. The fraction of sp³-hybridized carbons (Fsp3) is 0.438. The van der Waals surface area contributed by atoms with Crippen molar-refractivity contribution in [2.75, 3.05) is 44.8 Å². The molecule has 0 amide bonds. The van der Waals surface area contributed by atoms with Gasteiger partial charge in [0.15, 0.2) is 0 Å². The molecular weight excluding hydrogens is 488 g/mol. The molecule has 206 valence electrons. The van der Waals surface area contributed by atoms with E-state index >= 15 is 0 Å². The number of benzene rings is 2. The molecule has 1 saturated heterocycles. The number of hydrogen-bond acceptors (Lipinski definition) is 7. The van der Waals surface area contributed by atoms with E-state index in [2.05, 4.69) is 73.2 Å². The first kappa shape index (κ1) is 27.2. The molecule has 0 spiro atoms. The Morgan fingerprint density at radius 3 is 2.51 bits per heavy atom. The summed E-state index contributed by atoms with van der Waals surface area (Å²) in [4.78, 5) is 11.7. The van der Waals surface area contributed by atoms with Crippen LogP contribution in [0.4, 0.5) is 11.5 Å². The van der Waals surface area contributed by atoms with Crippen molar-refractivity contribution in [3.8, 4) is 17.1 Å². The van der Waals surface area contributed by atoms with Gasteiger partial charge < -0.3 is 19.2 Å². The molecule has 0 saturated carbocycles. The minimum Gasteiger partial charge on any atom is -0.492 e. The van der Waals surface area contributed by atoms with Gasteiger partial charge in [-0.15, -0.1) is 0 Å². The molecule has 1 aliphatic rings. The number of morpholine rings is 1.